The molecule has 62 heavy (non-hydrogen) atoms. The van der Waals surface area contributed by atoms with E-state index in [9.17, 15) is 9.59 Å². The fourth-order valence-corrected chi connectivity index (χ4v) is 12.0. The van der Waals surface area contributed by atoms with Crippen LogP contribution in [0.5, 0.6) is 0 Å². The minimum absolute atomic E-state index is 0.0275. The summed E-state index contributed by atoms with van der Waals surface area (Å²) < 4.78 is 49.9. The predicted octanol–water partition coefficient (Wildman–Crippen LogP) is 10.3. The first-order valence-electron chi connectivity index (χ1n) is 23.1. The summed E-state index contributed by atoms with van der Waals surface area (Å²) in [6.45, 7) is 44.3. The number of rotatable bonds is 17. The number of carbonyl (C=O) groups excluding carboxylic acids is 2. The second kappa shape index (κ2) is 19.9. The molecule has 13 nitrogen and oxygen atoms in total. The van der Waals surface area contributed by atoms with E-state index in [0.29, 0.717) is 5.92 Å². The molecule has 4 unspecified atom stereocenters. The zero-order chi connectivity index (χ0) is 47.7. The molecule has 1 N–H and O–H groups in total. The number of nitrogens with one attached hydrogen (secondary N) is 1. The van der Waals surface area contributed by atoms with Gasteiger partial charge in [0.2, 0.25) is 5.91 Å². The number of ether oxygens (including phenoxy) is 3. The molecule has 6 atom stereocenters. The van der Waals surface area contributed by atoms with Crippen LogP contribution in [0.4, 0.5) is 0 Å². The molecule has 2 aliphatic rings. The van der Waals surface area contributed by atoms with E-state index in [4.69, 9.17) is 31.9 Å². The first kappa shape index (κ1) is 55.0. The van der Waals surface area contributed by atoms with Gasteiger partial charge in [-0.2, -0.15) is 0 Å². The topological polar surface area (TPSA) is 141 Å². The zero-order valence-corrected chi connectivity index (χ0v) is 47.2. The molecule has 0 radical (unpaired) electrons. The Kier molecular flexibility index (Phi) is 17.7. The van der Waals surface area contributed by atoms with Crippen LogP contribution in [-0.4, -0.2) is 117 Å². The Bertz CT molecular complexity index is 1640. The molecule has 17 heteroatoms. The van der Waals surface area contributed by atoms with Crippen LogP contribution in [-0.2, 0) is 48.0 Å². The van der Waals surface area contributed by atoms with Gasteiger partial charge in [0.25, 0.3) is 5.79 Å². The van der Waals surface area contributed by atoms with Gasteiger partial charge in [0, 0.05) is 25.6 Å². The Morgan fingerprint density at radius 3 is 1.79 bits per heavy atom. The largest absolute Gasteiger partial charge is 0.465 e. The predicted molar refractivity (Wildman–Crippen MR) is 258 cm³/mol. The third-order valence-corrected chi connectivity index (χ3v) is 33.4. The molecule has 0 spiro atoms. The lowest BCUT2D eigenvalue weighted by Gasteiger charge is -2.54. The lowest BCUT2D eigenvalue weighted by atomic mass is 9.87. The number of methoxy groups -OCH3 is 2. The quantitative estimate of drug-likeness (QED) is 0.118. The highest BCUT2D eigenvalue weighted by atomic mass is 28.4. The van der Waals surface area contributed by atoms with Gasteiger partial charge in [0.05, 0.1) is 37.7 Å². The van der Waals surface area contributed by atoms with Gasteiger partial charge in [-0.05, 0) is 85.4 Å². The molecule has 1 aliphatic heterocycles. The molecular weight excluding hydrogens is 853 g/mol. The van der Waals surface area contributed by atoms with Gasteiger partial charge in [-0.15, -0.1) is 5.10 Å². The Balaban J connectivity index is 2.37. The van der Waals surface area contributed by atoms with Gasteiger partial charge in [0.1, 0.15) is 18.8 Å². The monoisotopic (exact) mass is 943 g/mol. The maximum atomic E-state index is 14.6. The first-order chi connectivity index (χ1) is 27.9. The van der Waals surface area contributed by atoms with Crippen molar-refractivity contribution < 1.29 is 41.5 Å². The van der Waals surface area contributed by atoms with Crippen molar-refractivity contribution in [3.8, 4) is 0 Å². The van der Waals surface area contributed by atoms with Crippen LogP contribution < -0.4 is 5.32 Å². The summed E-state index contributed by atoms with van der Waals surface area (Å²) in [6, 6.07) is -0.820. The van der Waals surface area contributed by atoms with Crippen molar-refractivity contribution >= 4 is 45.1 Å². The fourth-order valence-electron chi connectivity index (χ4n) is 7.05. The van der Waals surface area contributed by atoms with E-state index >= 15 is 0 Å². The molecule has 1 aliphatic carbocycles. The SMILES string of the molecule is COC(=O)C1(OC)CC(O[Si](C)(C)C(C)(C)C)C(NC(=O)Cn2cc(C3CCCCC3)nn2)C([C@H](O[Si](C)(C)C(C)(C)C)[C@@H](CO[Si](C)(C)C(C)(C)C)O[Si](C)(C)C(C)(C)C)O1. The Labute approximate surface area is 381 Å². The van der Waals surface area contributed by atoms with Crippen LogP contribution in [0, 0.1) is 0 Å². The van der Waals surface area contributed by atoms with Crippen LogP contribution >= 0.6 is 0 Å². The van der Waals surface area contributed by atoms with Gasteiger partial charge in [-0.1, -0.05) is 108 Å². The van der Waals surface area contributed by atoms with Crippen molar-refractivity contribution in [3.63, 3.8) is 0 Å². The van der Waals surface area contributed by atoms with Crippen LogP contribution in [0.1, 0.15) is 133 Å². The molecule has 1 saturated heterocycles. The molecule has 360 valence electrons. The van der Waals surface area contributed by atoms with Crippen molar-refractivity contribution in [2.24, 2.45) is 0 Å². The van der Waals surface area contributed by atoms with E-state index in [1.54, 1.807) is 4.68 Å². The molecule has 2 fully saturated rings. The third-order valence-electron chi connectivity index (χ3n) is 15.4. The summed E-state index contributed by atoms with van der Waals surface area (Å²) in [4.78, 5) is 28.8. The van der Waals surface area contributed by atoms with Gasteiger partial charge in [0.15, 0.2) is 33.3 Å². The average Bonchev–Trinajstić information content (AvgIpc) is 3.59. The van der Waals surface area contributed by atoms with Crippen LogP contribution in [0.15, 0.2) is 6.20 Å². The minimum Gasteiger partial charge on any atom is -0.465 e. The average molecular weight is 944 g/mol. The lowest BCUT2D eigenvalue weighted by Crippen LogP contribution is -2.71. The van der Waals surface area contributed by atoms with Gasteiger partial charge >= 0.3 is 5.97 Å². The van der Waals surface area contributed by atoms with Crippen LogP contribution in [0.25, 0.3) is 0 Å². The van der Waals surface area contributed by atoms with E-state index < -0.39 is 75.5 Å². The third kappa shape index (κ3) is 13.2. The van der Waals surface area contributed by atoms with Crippen LogP contribution in [0.3, 0.4) is 0 Å². The second-order valence-corrected chi connectivity index (χ2v) is 43.3. The number of aromatic nitrogens is 3. The lowest BCUT2D eigenvalue weighted by molar-refractivity contribution is -0.302. The number of carbonyl (C=O) groups is 2. The van der Waals surface area contributed by atoms with Crippen molar-refractivity contribution in [3.05, 3.63) is 11.9 Å². The standard InChI is InChI=1S/C45H90N4O9Si4/c1-41(2,3)59(15,16)54-31-35(57-61(19,20)43(7,8)9)38(58-62(21,22)44(10,11)12)39-37(46-36(50)30-49-29-33(47-48-49)32-26-24-23-25-27-32)34(56-60(17,18)42(4,5)6)28-45(53-14,55-39)40(51)52-13/h29,32,34-35,37-39H,23-28,30-31H2,1-22H3,(H,46,50)/t34?,35-,37?,38-,39?,45?/m1/s1. The minimum atomic E-state index is -2.70. The van der Waals surface area contributed by atoms with Crippen molar-refractivity contribution in [1.82, 2.24) is 20.3 Å². The highest BCUT2D eigenvalue weighted by Gasteiger charge is 2.60. The fraction of sp³-hybridized carbons (Fsp3) is 0.911. The number of esters is 1. The Morgan fingerprint density at radius 2 is 1.31 bits per heavy atom. The highest BCUT2D eigenvalue weighted by molar-refractivity contribution is 6.75. The normalized spacial score (nSPS) is 24.1. The molecule has 3 rings (SSSR count). The summed E-state index contributed by atoms with van der Waals surface area (Å²) in [6.07, 6.45) is 4.31. The zero-order valence-electron chi connectivity index (χ0n) is 43.2. The smallest absolute Gasteiger partial charge is 0.366 e. The maximum absolute atomic E-state index is 14.6. The van der Waals surface area contributed by atoms with E-state index in [-0.39, 0.29) is 45.6 Å². The Morgan fingerprint density at radius 1 is 0.790 bits per heavy atom. The molecule has 1 aromatic heterocycles. The van der Waals surface area contributed by atoms with Gasteiger partial charge in [-0.3, -0.25) is 4.79 Å². The van der Waals surface area contributed by atoms with E-state index in [1.807, 2.05) is 6.20 Å². The summed E-state index contributed by atoms with van der Waals surface area (Å²) in [5.41, 5.74) is 0.925. The molecule has 0 aromatic carbocycles. The second-order valence-electron chi connectivity index (χ2n) is 24.3. The molecule has 1 amide bonds. The number of nitrogens with zero attached hydrogens (tertiary/aromatic N) is 3. The van der Waals surface area contributed by atoms with Crippen molar-refractivity contribution in [1.29, 1.82) is 0 Å². The van der Waals surface area contributed by atoms with Gasteiger partial charge < -0.3 is 37.2 Å². The van der Waals surface area contributed by atoms with E-state index in [0.717, 1.165) is 18.5 Å². The van der Waals surface area contributed by atoms with Crippen LogP contribution in [0.2, 0.25) is 72.5 Å². The molecular formula is C45H90N4O9Si4. The molecule has 0 bridgehead atoms. The summed E-state index contributed by atoms with van der Waals surface area (Å²) in [5.74, 6) is -2.52. The molecule has 1 aromatic rings. The first-order valence-corrected chi connectivity index (χ1v) is 34.8. The maximum Gasteiger partial charge on any atom is 0.366 e. The van der Waals surface area contributed by atoms with E-state index in [1.165, 1.54) is 33.5 Å². The van der Waals surface area contributed by atoms with Gasteiger partial charge in [-0.25, -0.2) is 9.48 Å². The summed E-state index contributed by atoms with van der Waals surface area (Å²) in [7, 11) is -7.43. The van der Waals surface area contributed by atoms with Crippen molar-refractivity contribution in [2.45, 2.75) is 243 Å². The number of hydrogen-bond donors (Lipinski definition) is 1. The number of hydrogen-bond acceptors (Lipinski definition) is 11. The summed E-state index contributed by atoms with van der Waals surface area (Å²) >= 11 is 0. The summed E-state index contributed by atoms with van der Waals surface area (Å²) in [5, 5.41) is 11.6. The molecule has 1 saturated carbocycles. The number of amides is 1. The van der Waals surface area contributed by atoms with E-state index in [2.05, 4.69) is 151 Å². The van der Waals surface area contributed by atoms with Crippen molar-refractivity contribution in [2.75, 3.05) is 20.8 Å². The highest BCUT2D eigenvalue weighted by Crippen LogP contribution is 2.47. The molecule has 2 heterocycles. The Hall–Kier alpha value is -1.29.